The molecule has 2 aromatic rings. The lowest BCUT2D eigenvalue weighted by molar-refractivity contribution is -0.114. The summed E-state index contributed by atoms with van der Waals surface area (Å²) in [6, 6.07) is 14.7. The number of hydrogen-bond acceptors (Lipinski definition) is 4. The van der Waals surface area contributed by atoms with Crippen molar-refractivity contribution in [2.75, 3.05) is 30.4 Å². The van der Waals surface area contributed by atoms with Crippen LogP contribution in [0, 0.1) is 0 Å². The average Bonchev–Trinajstić information content (AvgIpc) is 2.65. The molecule has 0 saturated heterocycles. The second-order valence-electron chi connectivity index (χ2n) is 6.44. The summed E-state index contributed by atoms with van der Waals surface area (Å²) in [6.45, 7) is 12.6. The Labute approximate surface area is 160 Å². The van der Waals surface area contributed by atoms with Gasteiger partial charge in [0.25, 0.3) is 0 Å². The van der Waals surface area contributed by atoms with Crippen molar-refractivity contribution in [1.29, 1.82) is 0 Å². The van der Waals surface area contributed by atoms with Crippen LogP contribution in [0.5, 0.6) is 11.5 Å². The highest BCUT2D eigenvalue weighted by atomic mass is 16.5. The van der Waals surface area contributed by atoms with Gasteiger partial charge in [0.05, 0.1) is 6.54 Å². The molecule has 2 N–H and O–H groups in total. The van der Waals surface area contributed by atoms with Crippen LogP contribution in [-0.4, -0.2) is 25.7 Å². The number of nitrogens with one attached hydrogen (secondary N) is 2. The van der Waals surface area contributed by atoms with Gasteiger partial charge in [-0.15, -0.1) is 0 Å². The number of hydrogen-bond donors (Lipinski definition) is 2. The monoisotopic (exact) mass is 366 g/mol. The van der Waals surface area contributed by atoms with Gasteiger partial charge in [-0.2, -0.15) is 0 Å². The van der Waals surface area contributed by atoms with Crippen molar-refractivity contribution in [3.8, 4) is 11.5 Å². The maximum absolute atomic E-state index is 12.1. The fourth-order valence-electron chi connectivity index (χ4n) is 2.10. The third-order valence-electron chi connectivity index (χ3n) is 3.42. The predicted octanol–water partition coefficient (Wildman–Crippen LogP) is 4.65. The third-order valence-corrected chi connectivity index (χ3v) is 3.42. The number of benzene rings is 2. The van der Waals surface area contributed by atoms with Crippen LogP contribution in [0.15, 0.2) is 72.8 Å². The number of anilines is 2. The molecule has 27 heavy (non-hydrogen) atoms. The molecule has 0 aromatic heterocycles. The summed E-state index contributed by atoms with van der Waals surface area (Å²) in [5.41, 5.74) is 3.47. The Kier molecular flexibility index (Phi) is 7.49. The molecule has 0 fully saturated rings. The molecule has 0 saturated carbocycles. The molecule has 0 radical (unpaired) electrons. The molecule has 0 atom stereocenters. The van der Waals surface area contributed by atoms with E-state index in [9.17, 15) is 4.79 Å². The van der Waals surface area contributed by atoms with Crippen LogP contribution in [0.3, 0.4) is 0 Å². The number of amides is 1. The molecule has 1 amide bonds. The summed E-state index contributed by atoms with van der Waals surface area (Å²) < 4.78 is 11.1. The maximum Gasteiger partial charge on any atom is 0.243 e. The third kappa shape index (κ3) is 7.69. The second-order valence-corrected chi connectivity index (χ2v) is 6.44. The molecular formula is C22H26N2O3. The highest BCUT2D eigenvalue weighted by molar-refractivity contribution is 5.93. The van der Waals surface area contributed by atoms with Gasteiger partial charge in [-0.05, 0) is 73.5 Å². The van der Waals surface area contributed by atoms with E-state index in [1.165, 1.54) is 0 Å². The minimum atomic E-state index is -0.131. The molecule has 0 aliphatic rings. The van der Waals surface area contributed by atoms with Crippen molar-refractivity contribution >= 4 is 17.3 Å². The topological polar surface area (TPSA) is 59.6 Å². The van der Waals surface area contributed by atoms with E-state index in [1.807, 2.05) is 50.2 Å². The van der Waals surface area contributed by atoms with E-state index in [0.29, 0.717) is 18.9 Å². The standard InChI is InChI=1S/C22H26N2O3/c1-16(2)14-26-20-9-5-18(6-10-20)23-13-22(25)24-19-7-11-21(12-8-19)27-15-17(3)4/h5-12,23H,1,3,13-15H2,2,4H3,(H,24,25). The average molecular weight is 366 g/mol. The van der Waals surface area contributed by atoms with Gasteiger partial charge >= 0.3 is 0 Å². The van der Waals surface area contributed by atoms with Crippen molar-refractivity contribution < 1.29 is 14.3 Å². The molecule has 2 rings (SSSR count). The number of carbonyl (C=O) groups is 1. The van der Waals surface area contributed by atoms with Gasteiger partial charge in [0.1, 0.15) is 24.7 Å². The van der Waals surface area contributed by atoms with Gasteiger partial charge < -0.3 is 20.1 Å². The summed E-state index contributed by atoms with van der Waals surface area (Å²) in [6.07, 6.45) is 0. The largest absolute Gasteiger partial charge is 0.489 e. The van der Waals surface area contributed by atoms with Gasteiger partial charge in [-0.25, -0.2) is 0 Å². The van der Waals surface area contributed by atoms with Crippen LogP contribution < -0.4 is 20.1 Å². The van der Waals surface area contributed by atoms with Crippen LogP contribution in [0.1, 0.15) is 13.8 Å². The second kappa shape index (κ2) is 10.1. The van der Waals surface area contributed by atoms with Crippen molar-refractivity contribution in [2.45, 2.75) is 13.8 Å². The van der Waals surface area contributed by atoms with Crippen LogP contribution >= 0.6 is 0 Å². The molecule has 0 bridgehead atoms. The summed E-state index contributed by atoms with van der Waals surface area (Å²) in [4.78, 5) is 12.1. The molecule has 142 valence electrons. The Morgan fingerprint density at radius 2 is 1.26 bits per heavy atom. The van der Waals surface area contributed by atoms with Crippen LogP contribution in [0.2, 0.25) is 0 Å². The summed E-state index contributed by atoms with van der Waals surface area (Å²) >= 11 is 0. The van der Waals surface area contributed by atoms with E-state index < -0.39 is 0 Å². The lowest BCUT2D eigenvalue weighted by atomic mass is 10.3. The molecule has 0 aliphatic carbocycles. The molecule has 5 heteroatoms. The Bertz CT molecular complexity index is 780. The minimum Gasteiger partial charge on any atom is -0.489 e. The molecule has 0 unspecified atom stereocenters. The van der Waals surface area contributed by atoms with E-state index in [4.69, 9.17) is 9.47 Å². The summed E-state index contributed by atoms with van der Waals surface area (Å²) in [5.74, 6) is 1.37. The first-order valence-corrected chi connectivity index (χ1v) is 8.70. The van der Waals surface area contributed by atoms with Gasteiger partial charge in [0.15, 0.2) is 0 Å². The van der Waals surface area contributed by atoms with E-state index in [2.05, 4.69) is 23.8 Å². The SMILES string of the molecule is C=C(C)COc1ccc(NCC(=O)Nc2ccc(OCC(=C)C)cc2)cc1. The summed E-state index contributed by atoms with van der Waals surface area (Å²) in [7, 11) is 0. The lowest BCUT2D eigenvalue weighted by Crippen LogP contribution is -2.21. The van der Waals surface area contributed by atoms with Crippen molar-refractivity contribution in [3.63, 3.8) is 0 Å². The normalized spacial score (nSPS) is 10.0. The number of rotatable bonds is 10. The molecule has 5 nitrogen and oxygen atoms in total. The zero-order valence-corrected chi connectivity index (χ0v) is 15.9. The Hall–Kier alpha value is -3.21. The van der Waals surface area contributed by atoms with Gasteiger partial charge in [0, 0.05) is 11.4 Å². The van der Waals surface area contributed by atoms with Crippen LogP contribution in [0.25, 0.3) is 0 Å². The zero-order chi connectivity index (χ0) is 19.6. The van der Waals surface area contributed by atoms with E-state index in [0.717, 1.165) is 28.3 Å². The molecular weight excluding hydrogens is 340 g/mol. The maximum atomic E-state index is 12.1. The fraction of sp³-hybridized carbons (Fsp3) is 0.227. The Morgan fingerprint density at radius 3 is 1.70 bits per heavy atom. The molecule has 0 aliphatic heterocycles. The first kappa shape index (κ1) is 20.1. The summed E-state index contributed by atoms with van der Waals surface area (Å²) in [5, 5.41) is 5.92. The minimum absolute atomic E-state index is 0.131. The molecule has 0 heterocycles. The van der Waals surface area contributed by atoms with Gasteiger partial charge in [0.2, 0.25) is 5.91 Å². The first-order chi connectivity index (χ1) is 12.9. The Balaban J connectivity index is 1.77. The smallest absolute Gasteiger partial charge is 0.243 e. The zero-order valence-electron chi connectivity index (χ0n) is 15.9. The fourth-order valence-corrected chi connectivity index (χ4v) is 2.10. The Morgan fingerprint density at radius 1 is 0.815 bits per heavy atom. The van der Waals surface area contributed by atoms with Crippen LogP contribution in [-0.2, 0) is 4.79 Å². The lowest BCUT2D eigenvalue weighted by Gasteiger charge is -2.10. The number of carbonyl (C=O) groups excluding carboxylic acids is 1. The van der Waals surface area contributed by atoms with Crippen LogP contribution in [0.4, 0.5) is 11.4 Å². The van der Waals surface area contributed by atoms with Gasteiger partial charge in [-0.3, -0.25) is 4.79 Å². The van der Waals surface area contributed by atoms with Crippen molar-refractivity contribution in [2.24, 2.45) is 0 Å². The number of ether oxygens (including phenoxy) is 2. The molecule has 0 spiro atoms. The van der Waals surface area contributed by atoms with Crippen molar-refractivity contribution in [1.82, 2.24) is 0 Å². The highest BCUT2D eigenvalue weighted by Gasteiger charge is 2.03. The first-order valence-electron chi connectivity index (χ1n) is 8.70. The predicted molar refractivity (Wildman–Crippen MR) is 111 cm³/mol. The van der Waals surface area contributed by atoms with E-state index in [-0.39, 0.29) is 12.5 Å². The van der Waals surface area contributed by atoms with E-state index in [1.54, 1.807) is 12.1 Å². The highest BCUT2D eigenvalue weighted by Crippen LogP contribution is 2.17. The van der Waals surface area contributed by atoms with Crippen molar-refractivity contribution in [3.05, 3.63) is 72.8 Å². The van der Waals surface area contributed by atoms with Gasteiger partial charge in [-0.1, -0.05) is 13.2 Å². The molecule has 2 aromatic carbocycles. The van der Waals surface area contributed by atoms with E-state index >= 15 is 0 Å². The quantitative estimate of drug-likeness (QED) is 0.601.